The van der Waals surface area contributed by atoms with Crippen LogP contribution in [0.2, 0.25) is 0 Å². The molecule has 1 aromatic rings. The number of hydrogen-bond acceptors (Lipinski definition) is 5. The lowest BCUT2D eigenvalue weighted by atomic mass is 10.2. The molecule has 0 aliphatic heterocycles. The van der Waals surface area contributed by atoms with Crippen LogP contribution in [0.4, 0.5) is 0 Å². The largest absolute Gasteiger partial charge is 0.466 e. The fourth-order valence-corrected chi connectivity index (χ4v) is 2.71. The number of thiazole rings is 1. The van der Waals surface area contributed by atoms with E-state index in [9.17, 15) is 9.59 Å². The number of nitrogens with zero attached hydrogens (tertiary/aromatic N) is 1. The van der Waals surface area contributed by atoms with Crippen molar-refractivity contribution in [1.29, 1.82) is 0 Å². The van der Waals surface area contributed by atoms with Crippen LogP contribution in [0.5, 0.6) is 0 Å². The van der Waals surface area contributed by atoms with Gasteiger partial charge in [-0.1, -0.05) is 0 Å². The van der Waals surface area contributed by atoms with Crippen molar-refractivity contribution in [3.8, 4) is 0 Å². The van der Waals surface area contributed by atoms with E-state index in [0.29, 0.717) is 6.61 Å². The monoisotopic (exact) mass is 284 g/mol. The second-order valence-corrected chi connectivity index (χ2v) is 5.51. The van der Waals surface area contributed by atoms with Crippen molar-refractivity contribution in [3.63, 3.8) is 0 Å². The number of aryl methyl sites for hydroxylation is 2. The van der Waals surface area contributed by atoms with Crippen LogP contribution in [-0.4, -0.2) is 23.5 Å². The zero-order valence-electron chi connectivity index (χ0n) is 11.8. The molecular formula is C13H20N2O3S. The van der Waals surface area contributed by atoms with Gasteiger partial charge >= 0.3 is 5.97 Å². The van der Waals surface area contributed by atoms with Gasteiger partial charge in [0, 0.05) is 11.3 Å². The fourth-order valence-electron chi connectivity index (χ4n) is 1.78. The summed E-state index contributed by atoms with van der Waals surface area (Å²) in [4.78, 5) is 28.3. The lowest BCUT2D eigenvalue weighted by Crippen LogP contribution is -2.27. The molecular weight excluding hydrogens is 264 g/mol. The first-order chi connectivity index (χ1) is 8.93. The molecule has 1 atom stereocenters. The quantitative estimate of drug-likeness (QED) is 0.814. The van der Waals surface area contributed by atoms with Gasteiger partial charge in [-0.25, -0.2) is 4.98 Å². The van der Waals surface area contributed by atoms with Gasteiger partial charge in [-0.3, -0.25) is 9.59 Å². The van der Waals surface area contributed by atoms with E-state index in [4.69, 9.17) is 4.74 Å². The van der Waals surface area contributed by atoms with Crippen LogP contribution in [0.3, 0.4) is 0 Å². The minimum Gasteiger partial charge on any atom is -0.466 e. The van der Waals surface area contributed by atoms with E-state index in [-0.39, 0.29) is 30.8 Å². The number of rotatable bonds is 6. The second-order valence-electron chi connectivity index (χ2n) is 4.28. The summed E-state index contributed by atoms with van der Waals surface area (Å²) in [6.07, 6.45) is 0.271. The van der Waals surface area contributed by atoms with E-state index >= 15 is 0 Å². The fraction of sp³-hybridized carbons (Fsp3) is 0.615. The number of carbonyl (C=O) groups excluding carboxylic acids is 2. The van der Waals surface area contributed by atoms with E-state index in [1.54, 1.807) is 18.3 Å². The molecule has 0 fully saturated rings. The topological polar surface area (TPSA) is 68.3 Å². The Bertz CT molecular complexity index is 457. The Morgan fingerprint density at radius 1 is 1.37 bits per heavy atom. The summed E-state index contributed by atoms with van der Waals surface area (Å²) >= 11 is 1.58. The van der Waals surface area contributed by atoms with Crippen molar-refractivity contribution in [1.82, 2.24) is 10.3 Å². The van der Waals surface area contributed by atoms with E-state index < -0.39 is 0 Å². The van der Waals surface area contributed by atoms with Crippen LogP contribution in [-0.2, 0) is 14.3 Å². The molecule has 1 unspecified atom stereocenters. The molecule has 6 heteroatoms. The maximum atomic E-state index is 11.7. The smallest absolute Gasteiger partial charge is 0.306 e. The zero-order valence-corrected chi connectivity index (χ0v) is 12.6. The number of esters is 1. The zero-order chi connectivity index (χ0) is 14.4. The average Bonchev–Trinajstić information content (AvgIpc) is 2.66. The van der Waals surface area contributed by atoms with E-state index in [2.05, 4.69) is 10.3 Å². The van der Waals surface area contributed by atoms with E-state index in [1.807, 2.05) is 20.8 Å². The minimum absolute atomic E-state index is 0.0825. The van der Waals surface area contributed by atoms with Crippen LogP contribution in [0.15, 0.2) is 0 Å². The van der Waals surface area contributed by atoms with Crippen molar-refractivity contribution in [2.24, 2.45) is 0 Å². The number of hydrogen-bond donors (Lipinski definition) is 1. The van der Waals surface area contributed by atoms with Gasteiger partial charge in [0.15, 0.2) is 0 Å². The normalized spacial score (nSPS) is 12.0. The number of aromatic nitrogens is 1. The summed E-state index contributed by atoms with van der Waals surface area (Å²) < 4.78 is 4.78. The van der Waals surface area contributed by atoms with Gasteiger partial charge < -0.3 is 10.1 Å². The molecule has 1 heterocycles. The molecule has 5 nitrogen and oxygen atoms in total. The van der Waals surface area contributed by atoms with E-state index in [0.717, 1.165) is 15.6 Å². The first kappa shape index (κ1) is 15.6. The Kier molecular flexibility index (Phi) is 5.95. The summed E-state index contributed by atoms with van der Waals surface area (Å²) in [5.41, 5.74) is 0.945. The molecule has 0 aliphatic rings. The molecule has 0 aliphatic carbocycles. The standard InChI is InChI=1S/C13H20N2O3S/c1-5-18-12(17)7-6-11(16)15-9(3)13-8(2)14-10(4)19-13/h9H,5-7H2,1-4H3,(H,15,16). The molecule has 0 radical (unpaired) electrons. The van der Waals surface area contributed by atoms with Crippen LogP contribution in [0, 0.1) is 13.8 Å². The Balaban J connectivity index is 2.44. The lowest BCUT2D eigenvalue weighted by Gasteiger charge is -2.12. The molecule has 0 spiro atoms. The van der Waals surface area contributed by atoms with Gasteiger partial charge in [0.1, 0.15) is 0 Å². The third-order valence-electron chi connectivity index (χ3n) is 2.57. The number of carbonyl (C=O) groups is 2. The summed E-state index contributed by atoms with van der Waals surface area (Å²) in [6, 6.07) is -0.0825. The van der Waals surface area contributed by atoms with Gasteiger partial charge in [0.2, 0.25) is 5.91 Å². The van der Waals surface area contributed by atoms with Crippen molar-refractivity contribution in [2.75, 3.05) is 6.61 Å². The number of nitrogens with one attached hydrogen (secondary N) is 1. The molecule has 0 aromatic carbocycles. The maximum absolute atomic E-state index is 11.7. The van der Waals surface area contributed by atoms with Gasteiger partial charge in [-0.15, -0.1) is 11.3 Å². The van der Waals surface area contributed by atoms with Crippen molar-refractivity contribution in [3.05, 3.63) is 15.6 Å². The molecule has 1 aromatic heterocycles. The highest BCUT2D eigenvalue weighted by Gasteiger charge is 2.16. The SMILES string of the molecule is CCOC(=O)CCC(=O)NC(C)c1sc(C)nc1C. The first-order valence-corrected chi connectivity index (χ1v) is 7.14. The molecule has 1 N–H and O–H groups in total. The van der Waals surface area contributed by atoms with Gasteiger partial charge in [0.05, 0.1) is 29.8 Å². The molecule has 0 saturated carbocycles. The molecule has 1 amide bonds. The molecule has 106 valence electrons. The van der Waals surface area contributed by atoms with Crippen molar-refractivity contribution < 1.29 is 14.3 Å². The third-order valence-corrected chi connectivity index (χ3v) is 3.83. The van der Waals surface area contributed by atoms with Gasteiger partial charge in [-0.2, -0.15) is 0 Å². The highest BCUT2D eigenvalue weighted by Crippen LogP contribution is 2.24. The Morgan fingerprint density at radius 3 is 2.58 bits per heavy atom. The Hall–Kier alpha value is -1.43. The average molecular weight is 284 g/mol. The van der Waals surface area contributed by atoms with Crippen molar-refractivity contribution >= 4 is 23.2 Å². The van der Waals surface area contributed by atoms with Gasteiger partial charge in [-0.05, 0) is 27.7 Å². The molecule has 19 heavy (non-hydrogen) atoms. The van der Waals surface area contributed by atoms with Crippen LogP contribution >= 0.6 is 11.3 Å². The summed E-state index contributed by atoms with van der Waals surface area (Å²) in [7, 11) is 0. The highest BCUT2D eigenvalue weighted by molar-refractivity contribution is 7.11. The predicted octanol–water partition coefficient (Wildman–Crippen LogP) is 2.28. The molecule has 0 saturated heterocycles. The molecule has 1 rings (SSSR count). The Labute approximate surface area is 117 Å². The Morgan fingerprint density at radius 2 is 2.05 bits per heavy atom. The summed E-state index contributed by atoms with van der Waals surface area (Å²) in [5.74, 6) is -0.485. The summed E-state index contributed by atoms with van der Waals surface area (Å²) in [5, 5.41) is 3.86. The summed E-state index contributed by atoms with van der Waals surface area (Å²) in [6.45, 7) is 7.88. The van der Waals surface area contributed by atoms with Crippen LogP contribution in [0.1, 0.15) is 48.3 Å². The van der Waals surface area contributed by atoms with Crippen molar-refractivity contribution in [2.45, 2.75) is 46.6 Å². The first-order valence-electron chi connectivity index (χ1n) is 6.33. The second kappa shape index (κ2) is 7.23. The third kappa shape index (κ3) is 4.98. The number of ether oxygens (including phenoxy) is 1. The lowest BCUT2D eigenvalue weighted by molar-refractivity contribution is -0.144. The van der Waals surface area contributed by atoms with Crippen LogP contribution in [0.25, 0.3) is 0 Å². The number of amides is 1. The van der Waals surface area contributed by atoms with E-state index in [1.165, 1.54) is 0 Å². The maximum Gasteiger partial charge on any atom is 0.306 e. The minimum atomic E-state index is -0.338. The highest BCUT2D eigenvalue weighted by atomic mass is 32.1. The van der Waals surface area contributed by atoms with Gasteiger partial charge in [0.25, 0.3) is 0 Å². The predicted molar refractivity (Wildman–Crippen MR) is 74.0 cm³/mol. The van der Waals surface area contributed by atoms with Crippen LogP contribution < -0.4 is 5.32 Å². The molecule has 0 bridgehead atoms.